The van der Waals surface area contributed by atoms with Crippen molar-refractivity contribution in [2.45, 2.75) is 11.3 Å². The highest BCUT2D eigenvalue weighted by Gasteiger charge is 2.18. The minimum Gasteiger partial charge on any atom is -0.438 e. The molecule has 144 valence electrons. The van der Waals surface area contributed by atoms with Gasteiger partial charge in [-0.15, -0.1) is 0 Å². The fourth-order valence-electron chi connectivity index (χ4n) is 2.43. The minimum absolute atomic E-state index is 0.00491. The van der Waals surface area contributed by atoms with Crippen molar-refractivity contribution in [3.63, 3.8) is 0 Å². The lowest BCUT2D eigenvalue weighted by molar-refractivity contribution is -0.115. The summed E-state index contributed by atoms with van der Waals surface area (Å²) in [5.74, 6) is -0.139. The lowest BCUT2D eigenvalue weighted by Gasteiger charge is -2.12. The zero-order valence-electron chi connectivity index (χ0n) is 14.5. The number of carbonyl (C=O) groups is 1. The van der Waals surface area contributed by atoms with Crippen LogP contribution in [0.25, 0.3) is 0 Å². The number of nitrogens with zero attached hydrogens (tertiary/aromatic N) is 1. The number of nitrogens with one attached hydrogen (secondary N) is 1. The third kappa shape index (κ3) is 5.07. The molecule has 0 fully saturated rings. The van der Waals surface area contributed by atoms with E-state index in [1.807, 2.05) is 0 Å². The molecule has 7 nitrogen and oxygen atoms in total. The number of pyridine rings is 1. The van der Waals surface area contributed by atoms with Gasteiger partial charge in [0, 0.05) is 23.0 Å². The number of primary sulfonamides is 1. The molecule has 1 aromatic heterocycles. The van der Waals surface area contributed by atoms with Crippen molar-refractivity contribution in [3.8, 4) is 11.6 Å². The van der Waals surface area contributed by atoms with Crippen molar-refractivity contribution in [1.82, 2.24) is 4.98 Å². The summed E-state index contributed by atoms with van der Waals surface area (Å²) in [5.41, 5.74) is 0.915. The molecule has 0 unspecified atom stereocenters. The fraction of sp³-hybridized carbons (Fsp3) is 0.0526. The maximum absolute atomic E-state index is 12.3. The van der Waals surface area contributed by atoms with Crippen LogP contribution in [0.2, 0.25) is 5.02 Å². The third-order valence-electron chi connectivity index (χ3n) is 3.70. The molecule has 9 heteroatoms. The van der Waals surface area contributed by atoms with Gasteiger partial charge in [0.25, 0.3) is 0 Å². The SMILES string of the molecule is NS(=O)(=O)c1cc(NC(=O)Cc2ccccc2Cl)ccc1Oc1ccccn1. The Hall–Kier alpha value is -2.94. The van der Waals surface area contributed by atoms with Crippen molar-refractivity contribution in [2.75, 3.05) is 5.32 Å². The molecule has 0 aliphatic rings. The van der Waals surface area contributed by atoms with E-state index in [0.717, 1.165) is 0 Å². The van der Waals surface area contributed by atoms with Crippen LogP contribution in [0.4, 0.5) is 5.69 Å². The zero-order valence-corrected chi connectivity index (χ0v) is 16.1. The molecule has 0 spiro atoms. The molecular formula is C19H16ClN3O4S. The lowest BCUT2D eigenvalue weighted by atomic mass is 10.1. The Morgan fingerprint density at radius 2 is 1.86 bits per heavy atom. The number of ether oxygens (including phenoxy) is 1. The van der Waals surface area contributed by atoms with E-state index < -0.39 is 10.0 Å². The van der Waals surface area contributed by atoms with Crippen LogP contribution in [-0.2, 0) is 21.2 Å². The van der Waals surface area contributed by atoms with Gasteiger partial charge >= 0.3 is 0 Å². The highest BCUT2D eigenvalue weighted by molar-refractivity contribution is 7.89. The van der Waals surface area contributed by atoms with E-state index in [2.05, 4.69) is 10.3 Å². The van der Waals surface area contributed by atoms with Crippen LogP contribution in [-0.4, -0.2) is 19.3 Å². The van der Waals surface area contributed by atoms with Gasteiger partial charge in [0.15, 0.2) is 0 Å². The van der Waals surface area contributed by atoms with Crippen molar-refractivity contribution in [3.05, 3.63) is 77.4 Å². The Labute approximate surface area is 167 Å². The molecule has 28 heavy (non-hydrogen) atoms. The summed E-state index contributed by atoms with van der Waals surface area (Å²) in [7, 11) is -4.10. The predicted molar refractivity (Wildman–Crippen MR) is 106 cm³/mol. The predicted octanol–water partition coefficient (Wildman–Crippen LogP) is 3.36. The maximum atomic E-state index is 12.3. The summed E-state index contributed by atoms with van der Waals surface area (Å²) in [6.45, 7) is 0. The fourth-order valence-corrected chi connectivity index (χ4v) is 3.32. The van der Waals surface area contributed by atoms with Crippen molar-refractivity contribution < 1.29 is 17.9 Å². The van der Waals surface area contributed by atoms with Gasteiger partial charge < -0.3 is 10.1 Å². The molecule has 1 heterocycles. The maximum Gasteiger partial charge on any atom is 0.241 e. The van der Waals surface area contributed by atoms with E-state index in [1.165, 1.54) is 24.4 Å². The van der Waals surface area contributed by atoms with Crippen LogP contribution >= 0.6 is 11.6 Å². The molecule has 0 radical (unpaired) electrons. The van der Waals surface area contributed by atoms with Crippen LogP contribution in [0.3, 0.4) is 0 Å². The Balaban J connectivity index is 1.83. The molecule has 3 N–H and O–H groups in total. The molecule has 0 bridgehead atoms. The summed E-state index contributed by atoms with van der Waals surface area (Å²) in [5, 5.41) is 8.40. The number of amides is 1. The standard InChI is InChI=1S/C19H16ClN3O4S/c20-15-6-2-1-5-13(15)11-18(24)23-14-8-9-16(17(12-14)28(21,25)26)27-19-7-3-4-10-22-19/h1-10,12H,11H2,(H,23,24)(H2,21,25,26). The molecule has 2 aromatic carbocycles. The van der Waals surface area contributed by atoms with Gasteiger partial charge in [-0.25, -0.2) is 18.5 Å². The molecule has 3 aromatic rings. The number of rotatable bonds is 6. The number of halogens is 1. The first-order valence-electron chi connectivity index (χ1n) is 8.12. The summed E-state index contributed by atoms with van der Waals surface area (Å²) in [6, 6.07) is 16.1. The van der Waals surface area contributed by atoms with Gasteiger partial charge in [-0.2, -0.15) is 0 Å². The van der Waals surface area contributed by atoms with Gasteiger partial charge in [0.05, 0.1) is 6.42 Å². The van der Waals surface area contributed by atoms with E-state index in [-0.39, 0.29) is 34.5 Å². The van der Waals surface area contributed by atoms with Crippen molar-refractivity contribution in [2.24, 2.45) is 5.14 Å². The number of anilines is 1. The molecule has 0 aliphatic heterocycles. The number of hydrogen-bond acceptors (Lipinski definition) is 5. The quantitative estimate of drug-likeness (QED) is 0.638. The van der Waals surface area contributed by atoms with Gasteiger partial charge in [-0.1, -0.05) is 35.9 Å². The van der Waals surface area contributed by atoms with Crippen molar-refractivity contribution in [1.29, 1.82) is 0 Å². The lowest BCUT2D eigenvalue weighted by Crippen LogP contribution is -2.17. The summed E-state index contributed by atoms with van der Waals surface area (Å²) in [6.07, 6.45) is 1.55. The summed E-state index contributed by atoms with van der Waals surface area (Å²) < 4.78 is 29.4. The normalized spacial score (nSPS) is 11.1. The molecule has 0 saturated heterocycles. The minimum atomic E-state index is -4.10. The van der Waals surface area contributed by atoms with Crippen molar-refractivity contribution >= 4 is 33.2 Å². The Morgan fingerprint density at radius 3 is 2.54 bits per heavy atom. The van der Waals surface area contributed by atoms with E-state index >= 15 is 0 Å². The van der Waals surface area contributed by atoms with E-state index in [9.17, 15) is 13.2 Å². The summed E-state index contributed by atoms with van der Waals surface area (Å²) >= 11 is 6.06. The third-order valence-corrected chi connectivity index (χ3v) is 5.00. The largest absolute Gasteiger partial charge is 0.438 e. The number of carbonyl (C=O) groups excluding carboxylic acids is 1. The first-order valence-corrected chi connectivity index (χ1v) is 10.0. The average Bonchev–Trinajstić information content (AvgIpc) is 2.65. The molecular weight excluding hydrogens is 402 g/mol. The van der Waals surface area contributed by atoms with Crippen LogP contribution in [0, 0.1) is 0 Å². The van der Waals surface area contributed by atoms with Gasteiger partial charge in [0.1, 0.15) is 10.6 Å². The average molecular weight is 418 g/mol. The molecule has 0 atom stereocenters. The Kier molecular flexibility index (Phi) is 5.93. The van der Waals surface area contributed by atoms with Gasteiger partial charge in [0.2, 0.25) is 21.8 Å². The molecule has 3 rings (SSSR count). The van der Waals surface area contributed by atoms with Gasteiger partial charge in [-0.05, 0) is 35.9 Å². The zero-order chi connectivity index (χ0) is 20.1. The first kappa shape index (κ1) is 19.8. The molecule has 0 aliphatic carbocycles. The molecule has 1 amide bonds. The monoisotopic (exact) mass is 417 g/mol. The van der Waals surface area contributed by atoms with Gasteiger partial charge in [-0.3, -0.25) is 4.79 Å². The second-order valence-electron chi connectivity index (χ2n) is 5.79. The number of nitrogens with two attached hydrogens (primary N) is 1. The van der Waals surface area contributed by atoms with Crippen LogP contribution < -0.4 is 15.2 Å². The summed E-state index contributed by atoms with van der Waals surface area (Å²) in [4.78, 5) is 16.0. The van der Waals surface area contributed by atoms with Crippen LogP contribution in [0.15, 0.2) is 71.8 Å². The second kappa shape index (κ2) is 8.39. The number of hydrogen-bond donors (Lipinski definition) is 2. The Bertz CT molecular complexity index is 1110. The molecule has 0 saturated carbocycles. The highest BCUT2D eigenvalue weighted by Crippen LogP contribution is 2.30. The number of benzene rings is 2. The number of aromatic nitrogens is 1. The smallest absolute Gasteiger partial charge is 0.241 e. The topological polar surface area (TPSA) is 111 Å². The first-order chi connectivity index (χ1) is 13.3. The highest BCUT2D eigenvalue weighted by atomic mass is 35.5. The van der Waals surface area contributed by atoms with E-state index in [4.69, 9.17) is 21.5 Å². The second-order valence-corrected chi connectivity index (χ2v) is 7.73. The Morgan fingerprint density at radius 1 is 1.11 bits per heavy atom. The van der Waals surface area contributed by atoms with E-state index in [0.29, 0.717) is 10.6 Å². The number of sulfonamides is 1. The van der Waals surface area contributed by atoms with Crippen LogP contribution in [0.5, 0.6) is 11.6 Å². The van der Waals surface area contributed by atoms with E-state index in [1.54, 1.807) is 42.5 Å². The van der Waals surface area contributed by atoms with Crippen LogP contribution in [0.1, 0.15) is 5.56 Å².